The van der Waals surface area contributed by atoms with E-state index in [-0.39, 0.29) is 5.91 Å². The van der Waals surface area contributed by atoms with Crippen LogP contribution in [0.3, 0.4) is 0 Å². The molecule has 4 heteroatoms. The first-order valence-electron chi connectivity index (χ1n) is 4.11. The van der Waals surface area contributed by atoms with E-state index in [1.807, 2.05) is 19.3 Å². The minimum absolute atomic E-state index is 0.0897. The molecular formula is C9H13N3O. The number of carbonyl (C=O) groups excluding carboxylic acids is 1. The second-order valence-corrected chi connectivity index (χ2v) is 2.70. The van der Waals surface area contributed by atoms with Crippen molar-refractivity contribution in [3.63, 3.8) is 0 Å². The molecule has 0 aliphatic heterocycles. The molecule has 0 aromatic carbocycles. The van der Waals surface area contributed by atoms with Gasteiger partial charge in [-0.05, 0) is 19.1 Å². The lowest BCUT2D eigenvalue weighted by atomic mass is 10.4. The van der Waals surface area contributed by atoms with Gasteiger partial charge in [0.05, 0.1) is 12.2 Å². The summed E-state index contributed by atoms with van der Waals surface area (Å²) in [4.78, 5) is 11.0. The fraction of sp³-hybridized carbons (Fsp3) is 0.333. The number of aromatic nitrogens is 2. The van der Waals surface area contributed by atoms with Gasteiger partial charge in [-0.3, -0.25) is 9.48 Å². The summed E-state index contributed by atoms with van der Waals surface area (Å²) in [6, 6.07) is 1.87. The van der Waals surface area contributed by atoms with Crippen LogP contribution in [0, 0.1) is 0 Å². The average Bonchev–Trinajstić information content (AvgIpc) is 2.49. The van der Waals surface area contributed by atoms with E-state index in [2.05, 4.69) is 10.4 Å². The van der Waals surface area contributed by atoms with Crippen molar-refractivity contribution in [3.05, 3.63) is 30.1 Å². The topological polar surface area (TPSA) is 46.9 Å². The zero-order valence-electron chi connectivity index (χ0n) is 7.82. The number of aryl methyl sites for hydroxylation is 1. The van der Waals surface area contributed by atoms with E-state index < -0.39 is 0 Å². The molecule has 0 aliphatic rings. The third-order valence-corrected chi connectivity index (χ3v) is 1.53. The van der Waals surface area contributed by atoms with E-state index in [4.69, 9.17) is 0 Å². The van der Waals surface area contributed by atoms with Crippen molar-refractivity contribution in [2.45, 2.75) is 13.5 Å². The Bertz CT molecular complexity index is 314. The summed E-state index contributed by atoms with van der Waals surface area (Å²) >= 11 is 0. The number of rotatable bonds is 3. The molecule has 1 N–H and O–H groups in total. The van der Waals surface area contributed by atoms with Crippen LogP contribution >= 0.6 is 0 Å². The third-order valence-electron chi connectivity index (χ3n) is 1.53. The maximum Gasteiger partial charge on any atom is 0.243 e. The smallest absolute Gasteiger partial charge is 0.243 e. The Morgan fingerprint density at radius 2 is 2.54 bits per heavy atom. The highest BCUT2D eigenvalue weighted by Gasteiger charge is 1.97. The van der Waals surface area contributed by atoms with Crippen molar-refractivity contribution >= 4 is 5.91 Å². The number of carbonyl (C=O) groups is 1. The molecule has 0 bridgehead atoms. The number of amides is 1. The molecule has 1 heterocycles. The summed E-state index contributed by atoms with van der Waals surface area (Å²) in [7, 11) is 1.84. The second-order valence-electron chi connectivity index (χ2n) is 2.70. The molecule has 70 valence electrons. The summed E-state index contributed by atoms with van der Waals surface area (Å²) < 4.78 is 1.71. The predicted molar refractivity (Wildman–Crippen MR) is 49.9 cm³/mol. The first-order valence-corrected chi connectivity index (χ1v) is 4.11. The lowest BCUT2D eigenvalue weighted by Gasteiger charge is -1.97. The van der Waals surface area contributed by atoms with Gasteiger partial charge < -0.3 is 5.32 Å². The van der Waals surface area contributed by atoms with Gasteiger partial charge in [0, 0.05) is 13.2 Å². The van der Waals surface area contributed by atoms with Gasteiger partial charge >= 0.3 is 0 Å². The molecule has 0 radical (unpaired) electrons. The van der Waals surface area contributed by atoms with Gasteiger partial charge in [0.25, 0.3) is 0 Å². The minimum atomic E-state index is -0.0897. The summed E-state index contributed by atoms with van der Waals surface area (Å²) in [5, 5.41) is 6.83. The van der Waals surface area contributed by atoms with Crippen molar-refractivity contribution in [1.82, 2.24) is 15.1 Å². The fourth-order valence-corrected chi connectivity index (χ4v) is 0.945. The van der Waals surface area contributed by atoms with Crippen LogP contribution in [0.15, 0.2) is 24.4 Å². The Labute approximate surface area is 77.3 Å². The third kappa shape index (κ3) is 3.11. The number of nitrogens with zero attached hydrogens (tertiary/aromatic N) is 2. The quantitative estimate of drug-likeness (QED) is 0.691. The Hall–Kier alpha value is -1.58. The number of hydrogen-bond donors (Lipinski definition) is 1. The molecule has 1 rings (SSSR count). The maximum absolute atomic E-state index is 11.0. The predicted octanol–water partition coefficient (Wildman–Crippen LogP) is 0.612. The van der Waals surface area contributed by atoms with E-state index in [0.717, 1.165) is 5.69 Å². The summed E-state index contributed by atoms with van der Waals surface area (Å²) in [6.45, 7) is 2.28. The van der Waals surface area contributed by atoms with Gasteiger partial charge in [-0.1, -0.05) is 6.08 Å². The van der Waals surface area contributed by atoms with E-state index in [1.54, 1.807) is 17.7 Å². The molecule has 0 aliphatic carbocycles. The molecule has 0 fully saturated rings. The minimum Gasteiger partial charge on any atom is -0.347 e. The van der Waals surface area contributed by atoms with Gasteiger partial charge in [-0.25, -0.2) is 0 Å². The Morgan fingerprint density at radius 3 is 3.08 bits per heavy atom. The van der Waals surface area contributed by atoms with Crippen molar-refractivity contribution < 1.29 is 4.79 Å². The van der Waals surface area contributed by atoms with Crippen LogP contribution in [0.4, 0.5) is 0 Å². The zero-order valence-corrected chi connectivity index (χ0v) is 7.82. The van der Waals surface area contributed by atoms with Crippen molar-refractivity contribution in [2.75, 3.05) is 0 Å². The highest BCUT2D eigenvalue weighted by Crippen LogP contribution is 1.92. The zero-order chi connectivity index (χ0) is 9.68. The molecule has 4 nitrogen and oxygen atoms in total. The van der Waals surface area contributed by atoms with Crippen LogP contribution in [0.5, 0.6) is 0 Å². The Morgan fingerprint density at radius 1 is 1.77 bits per heavy atom. The van der Waals surface area contributed by atoms with Crippen LogP contribution < -0.4 is 5.32 Å². The van der Waals surface area contributed by atoms with Gasteiger partial charge in [0.1, 0.15) is 0 Å². The number of nitrogens with one attached hydrogen (secondary N) is 1. The van der Waals surface area contributed by atoms with Crippen LogP contribution in [0.25, 0.3) is 0 Å². The number of hydrogen-bond acceptors (Lipinski definition) is 2. The van der Waals surface area contributed by atoms with Crippen LogP contribution in [-0.2, 0) is 18.4 Å². The van der Waals surface area contributed by atoms with E-state index in [9.17, 15) is 4.79 Å². The van der Waals surface area contributed by atoms with Crippen molar-refractivity contribution in [1.29, 1.82) is 0 Å². The lowest BCUT2D eigenvalue weighted by Crippen LogP contribution is -2.20. The lowest BCUT2D eigenvalue weighted by molar-refractivity contribution is -0.116. The summed E-state index contributed by atoms with van der Waals surface area (Å²) in [5.41, 5.74) is 0.861. The molecule has 1 aromatic heterocycles. The molecule has 0 saturated heterocycles. The van der Waals surface area contributed by atoms with Gasteiger partial charge in [0.15, 0.2) is 0 Å². The Balaban J connectivity index is 2.39. The van der Waals surface area contributed by atoms with Crippen LogP contribution in [0.1, 0.15) is 12.6 Å². The molecule has 0 unspecified atom stereocenters. The second kappa shape index (κ2) is 4.45. The molecule has 0 spiro atoms. The molecule has 13 heavy (non-hydrogen) atoms. The first kappa shape index (κ1) is 9.51. The number of allylic oxidation sites excluding steroid dienone is 1. The summed E-state index contributed by atoms with van der Waals surface area (Å²) in [6.07, 6.45) is 5.04. The first-order chi connectivity index (χ1) is 6.22. The monoisotopic (exact) mass is 179 g/mol. The fourth-order valence-electron chi connectivity index (χ4n) is 0.945. The van der Waals surface area contributed by atoms with E-state index in [1.165, 1.54) is 6.08 Å². The average molecular weight is 179 g/mol. The molecule has 0 saturated carbocycles. The van der Waals surface area contributed by atoms with Crippen molar-refractivity contribution in [3.8, 4) is 0 Å². The van der Waals surface area contributed by atoms with Crippen LogP contribution in [0.2, 0.25) is 0 Å². The molecule has 0 atom stereocenters. The highest BCUT2D eigenvalue weighted by molar-refractivity contribution is 5.87. The van der Waals surface area contributed by atoms with Crippen molar-refractivity contribution in [2.24, 2.45) is 7.05 Å². The highest BCUT2D eigenvalue weighted by atomic mass is 16.1. The largest absolute Gasteiger partial charge is 0.347 e. The normalized spacial score (nSPS) is 10.6. The SMILES string of the molecule is C/C=C/C(=O)NCc1ccn(C)n1. The van der Waals surface area contributed by atoms with Gasteiger partial charge in [-0.15, -0.1) is 0 Å². The Kier molecular flexibility index (Phi) is 3.25. The van der Waals surface area contributed by atoms with Gasteiger partial charge in [-0.2, -0.15) is 5.10 Å². The summed E-state index contributed by atoms with van der Waals surface area (Å²) in [5.74, 6) is -0.0897. The molecule has 1 amide bonds. The molecule has 1 aromatic rings. The standard InChI is InChI=1S/C9H13N3O/c1-3-4-9(13)10-7-8-5-6-12(2)11-8/h3-6H,7H2,1-2H3,(H,10,13)/b4-3+. The van der Waals surface area contributed by atoms with Gasteiger partial charge in [0.2, 0.25) is 5.91 Å². The molecular weight excluding hydrogens is 166 g/mol. The van der Waals surface area contributed by atoms with E-state index >= 15 is 0 Å². The maximum atomic E-state index is 11.0. The van der Waals surface area contributed by atoms with Crippen LogP contribution in [-0.4, -0.2) is 15.7 Å². The van der Waals surface area contributed by atoms with E-state index in [0.29, 0.717) is 6.54 Å².